The number of carboxylic acids is 1. The lowest BCUT2D eigenvalue weighted by Gasteiger charge is -2.24. The highest BCUT2D eigenvalue weighted by Gasteiger charge is 2.59. The summed E-state index contributed by atoms with van der Waals surface area (Å²) < 4.78 is 64.8. The van der Waals surface area contributed by atoms with Crippen molar-refractivity contribution >= 4 is 17.7 Å². The molecule has 0 aliphatic carbocycles. The topological polar surface area (TPSA) is 37.3 Å². The zero-order valence-electron chi connectivity index (χ0n) is 11.2. The van der Waals surface area contributed by atoms with E-state index in [0.717, 1.165) is 17.8 Å². The van der Waals surface area contributed by atoms with Crippen LogP contribution in [-0.2, 0) is 5.92 Å². The molecule has 1 N–H and O–H groups in total. The zero-order chi connectivity index (χ0) is 16.4. The minimum Gasteiger partial charge on any atom is -0.478 e. The van der Waals surface area contributed by atoms with E-state index in [-0.39, 0.29) is 16.0 Å². The van der Waals surface area contributed by atoms with Gasteiger partial charge in [0.2, 0.25) is 0 Å². The van der Waals surface area contributed by atoms with Crippen LogP contribution in [0.5, 0.6) is 0 Å². The first-order valence-electron chi connectivity index (χ1n) is 5.98. The number of halogens is 5. The molecule has 1 aromatic rings. The van der Waals surface area contributed by atoms with Gasteiger partial charge in [-0.25, -0.2) is 4.79 Å². The summed E-state index contributed by atoms with van der Waals surface area (Å²) in [4.78, 5) is 10.7. The Hall–Kier alpha value is -1.31. The first kappa shape index (κ1) is 17.7. The van der Waals surface area contributed by atoms with E-state index in [1.807, 2.05) is 0 Å². The standard InChI is InChI=1S/C13H13F5O2S/c1-3-6-21-10-7(2)8(11(19)20)4-5-9(10)12(14,15)13(16,17)18/h4-5H,3,6H2,1-2H3,(H,19,20). The fourth-order valence-corrected chi connectivity index (χ4v) is 2.80. The van der Waals surface area contributed by atoms with Gasteiger partial charge in [-0.15, -0.1) is 11.8 Å². The summed E-state index contributed by atoms with van der Waals surface area (Å²) >= 11 is 0.805. The van der Waals surface area contributed by atoms with Crippen molar-refractivity contribution in [1.29, 1.82) is 0 Å². The second kappa shape index (κ2) is 6.21. The van der Waals surface area contributed by atoms with Crippen LogP contribution in [0.3, 0.4) is 0 Å². The van der Waals surface area contributed by atoms with Gasteiger partial charge in [-0.1, -0.05) is 13.0 Å². The van der Waals surface area contributed by atoms with Crippen LogP contribution < -0.4 is 0 Å². The highest BCUT2D eigenvalue weighted by Crippen LogP contribution is 2.48. The van der Waals surface area contributed by atoms with Gasteiger partial charge in [0.1, 0.15) is 0 Å². The average Bonchev–Trinajstić information content (AvgIpc) is 2.35. The molecule has 8 heteroatoms. The molecule has 0 aromatic heterocycles. The lowest BCUT2D eigenvalue weighted by molar-refractivity contribution is -0.290. The first-order chi connectivity index (χ1) is 9.54. The average molecular weight is 328 g/mol. The molecule has 0 saturated carbocycles. The lowest BCUT2D eigenvalue weighted by Crippen LogP contribution is -2.34. The van der Waals surface area contributed by atoms with E-state index in [4.69, 9.17) is 5.11 Å². The summed E-state index contributed by atoms with van der Waals surface area (Å²) in [7, 11) is 0. The molecule has 0 atom stereocenters. The van der Waals surface area contributed by atoms with Crippen molar-refractivity contribution in [3.8, 4) is 0 Å². The molecule has 0 aliphatic heterocycles. The molecule has 0 radical (unpaired) electrons. The molecule has 118 valence electrons. The molecular weight excluding hydrogens is 315 g/mol. The van der Waals surface area contributed by atoms with Crippen LogP contribution in [0.1, 0.15) is 34.8 Å². The Bertz CT molecular complexity index is 540. The van der Waals surface area contributed by atoms with Crippen LogP contribution in [0.25, 0.3) is 0 Å². The minimum absolute atomic E-state index is 0.0811. The molecular formula is C13H13F5O2S. The monoisotopic (exact) mass is 328 g/mol. The summed E-state index contributed by atoms with van der Waals surface area (Å²) in [6.45, 7) is 2.97. The number of aromatic carboxylic acids is 1. The van der Waals surface area contributed by atoms with Crippen molar-refractivity contribution < 1.29 is 31.9 Å². The number of carboxylic acid groups (broad SMARTS) is 1. The maximum atomic E-state index is 13.6. The number of benzene rings is 1. The van der Waals surface area contributed by atoms with E-state index in [2.05, 4.69) is 0 Å². The summed E-state index contributed by atoms with van der Waals surface area (Å²) in [5.74, 6) is -6.08. The Balaban J connectivity index is 3.52. The second-order valence-electron chi connectivity index (χ2n) is 4.34. The number of thioether (sulfide) groups is 1. The van der Waals surface area contributed by atoms with Gasteiger partial charge in [0.15, 0.2) is 0 Å². The van der Waals surface area contributed by atoms with Gasteiger partial charge in [0, 0.05) is 10.5 Å². The molecule has 2 nitrogen and oxygen atoms in total. The smallest absolute Gasteiger partial charge is 0.458 e. The van der Waals surface area contributed by atoms with E-state index in [9.17, 15) is 26.7 Å². The Morgan fingerprint density at radius 1 is 1.24 bits per heavy atom. The number of carbonyl (C=O) groups is 1. The van der Waals surface area contributed by atoms with Crippen molar-refractivity contribution in [3.05, 3.63) is 28.8 Å². The molecule has 1 aromatic carbocycles. The highest BCUT2D eigenvalue weighted by molar-refractivity contribution is 7.99. The predicted octanol–water partition coefficient (Wildman–Crippen LogP) is 4.85. The molecule has 0 heterocycles. The summed E-state index contributed by atoms with van der Waals surface area (Å²) in [6, 6.07) is 1.32. The number of alkyl halides is 5. The zero-order valence-corrected chi connectivity index (χ0v) is 12.0. The molecule has 0 amide bonds. The summed E-state index contributed by atoms with van der Waals surface area (Å²) in [6.07, 6.45) is -5.18. The van der Waals surface area contributed by atoms with Gasteiger partial charge < -0.3 is 5.11 Å². The van der Waals surface area contributed by atoms with Crippen LogP contribution >= 0.6 is 11.8 Å². The third-order valence-corrected chi connectivity index (χ3v) is 4.21. The van der Waals surface area contributed by atoms with E-state index < -0.39 is 23.6 Å². The van der Waals surface area contributed by atoms with E-state index in [0.29, 0.717) is 18.2 Å². The van der Waals surface area contributed by atoms with Crippen molar-refractivity contribution in [3.63, 3.8) is 0 Å². The molecule has 0 fully saturated rings. The van der Waals surface area contributed by atoms with Crippen LogP contribution in [0.15, 0.2) is 17.0 Å². The normalized spacial score (nSPS) is 12.5. The molecule has 21 heavy (non-hydrogen) atoms. The van der Waals surface area contributed by atoms with Crippen LogP contribution in [-0.4, -0.2) is 23.0 Å². The molecule has 0 aliphatic rings. The Morgan fingerprint density at radius 2 is 1.81 bits per heavy atom. The SMILES string of the molecule is CCCSc1c(C(F)(F)C(F)(F)F)ccc(C(=O)O)c1C. The van der Waals surface area contributed by atoms with Gasteiger partial charge in [0.25, 0.3) is 0 Å². The quantitative estimate of drug-likeness (QED) is 0.620. The Labute approximate surface area is 122 Å². The van der Waals surface area contributed by atoms with Gasteiger partial charge in [-0.05, 0) is 30.7 Å². The van der Waals surface area contributed by atoms with Crippen molar-refractivity contribution in [2.75, 3.05) is 5.75 Å². The van der Waals surface area contributed by atoms with Gasteiger partial charge >= 0.3 is 18.1 Å². The first-order valence-corrected chi connectivity index (χ1v) is 6.97. The Kier molecular flexibility index (Phi) is 5.25. The van der Waals surface area contributed by atoms with Crippen molar-refractivity contribution in [2.45, 2.75) is 37.3 Å². The summed E-state index contributed by atoms with van der Waals surface area (Å²) in [5, 5.41) is 8.95. The van der Waals surface area contributed by atoms with Gasteiger partial charge in [-0.3, -0.25) is 0 Å². The lowest BCUT2D eigenvalue weighted by atomic mass is 10.0. The van der Waals surface area contributed by atoms with Crippen molar-refractivity contribution in [1.82, 2.24) is 0 Å². The summed E-state index contributed by atoms with van der Waals surface area (Å²) in [5.41, 5.74) is -1.56. The van der Waals surface area contributed by atoms with Crippen molar-refractivity contribution in [2.24, 2.45) is 0 Å². The van der Waals surface area contributed by atoms with Crippen LogP contribution in [0, 0.1) is 6.92 Å². The minimum atomic E-state index is -5.73. The molecule has 0 saturated heterocycles. The molecule has 0 unspecified atom stereocenters. The number of rotatable bonds is 5. The third kappa shape index (κ3) is 3.48. The second-order valence-corrected chi connectivity index (χ2v) is 5.45. The number of hydrogen-bond acceptors (Lipinski definition) is 2. The van der Waals surface area contributed by atoms with E-state index in [1.54, 1.807) is 6.92 Å². The van der Waals surface area contributed by atoms with E-state index >= 15 is 0 Å². The molecule has 0 bridgehead atoms. The largest absolute Gasteiger partial charge is 0.478 e. The predicted molar refractivity (Wildman–Crippen MR) is 69.1 cm³/mol. The van der Waals surface area contributed by atoms with E-state index in [1.165, 1.54) is 6.92 Å². The molecule has 0 spiro atoms. The van der Waals surface area contributed by atoms with Gasteiger partial charge in [0.05, 0.1) is 5.56 Å². The fourth-order valence-electron chi connectivity index (χ4n) is 1.71. The number of hydrogen-bond donors (Lipinski definition) is 1. The van der Waals surface area contributed by atoms with Gasteiger partial charge in [-0.2, -0.15) is 22.0 Å². The Morgan fingerprint density at radius 3 is 2.24 bits per heavy atom. The maximum absolute atomic E-state index is 13.6. The maximum Gasteiger partial charge on any atom is 0.458 e. The third-order valence-electron chi connectivity index (χ3n) is 2.78. The van der Waals surface area contributed by atoms with Crippen LogP contribution in [0.2, 0.25) is 0 Å². The highest BCUT2D eigenvalue weighted by atomic mass is 32.2. The fraction of sp³-hybridized carbons (Fsp3) is 0.462. The van der Waals surface area contributed by atoms with Crippen LogP contribution in [0.4, 0.5) is 22.0 Å². The molecule has 1 rings (SSSR count).